The number of rotatable bonds is 7. The van der Waals surface area contributed by atoms with Crippen molar-refractivity contribution in [2.45, 2.75) is 39.3 Å². The number of aliphatic imine (C=N–C) groups is 1. The van der Waals surface area contributed by atoms with Crippen molar-refractivity contribution in [3.8, 4) is 0 Å². The van der Waals surface area contributed by atoms with Gasteiger partial charge in [0, 0.05) is 41.2 Å². The van der Waals surface area contributed by atoms with Crippen molar-refractivity contribution in [3.63, 3.8) is 0 Å². The number of thiophene rings is 1. The molecule has 7 heteroatoms. The Kier molecular flexibility index (Phi) is 9.99. The van der Waals surface area contributed by atoms with Gasteiger partial charge in [-0.05, 0) is 50.6 Å². The summed E-state index contributed by atoms with van der Waals surface area (Å²) >= 11 is 1.83. The average molecular weight is 474 g/mol. The van der Waals surface area contributed by atoms with Gasteiger partial charge in [-0.15, -0.1) is 35.3 Å². The zero-order valence-electron chi connectivity index (χ0n) is 14.9. The van der Waals surface area contributed by atoms with Gasteiger partial charge in [0.25, 0.3) is 0 Å². The molecule has 2 aromatic heterocycles. The Bertz CT molecular complexity index is 648. The van der Waals surface area contributed by atoms with Crippen molar-refractivity contribution in [1.29, 1.82) is 0 Å². The molecule has 2 aromatic rings. The van der Waals surface area contributed by atoms with E-state index in [0.29, 0.717) is 6.54 Å². The predicted octanol–water partition coefficient (Wildman–Crippen LogP) is 3.29. The number of aliphatic hydroxyl groups excluding tert-OH is 1. The van der Waals surface area contributed by atoms with Crippen molar-refractivity contribution in [1.82, 2.24) is 15.6 Å². The van der Waals surface area contributed by atoms with Gasteiger partial charge in [0.1, 0.15) is 0 Å². The van der Waals surface area contributed by atoms with E-state index in [1.54, 1.807) is 12.4 Å². The third-order valence-corrected chi connectivity index (χ3v) is 4.57. The molecule has 2 atom stereocenters. The number of hydrogen-bond acceptors (Lipinski definition) is 4. The summed E-state index contributed by atoms with van der Waals surface area (Å²) in [7, 11) is 0. The van der Waals surface area contributed by atoms with Gasteiger partial charge in [-0.25, -0.2) is 0 Å². The highest BCUT2D eigenvalue weighted by Crippen LogP contribution is 2.16. The topological polar surface area (TPSA) is 69.5 Å². The molecule has 0 aromatic carbocycles. The molecular formula is C18H27IN4OS. The third kappa shape index (κ3) is 7.70. The molecule has 0 saturated carbocycles. The number of nitrogens with one attached hydrogen (secondary N) is 2. The van der Waals surface area contributed by atoms with Crippen LogP contribution >= 0.6 is 35.3 Å². The lowest BCUT2D eigenvalue weighted by atomic mass is 10.1. The Hall–Kier alpha value is -1.19. The quantitative estimate of drug-likeness (QED) is 0.327. The molecule has 0 fully saturated rings. The molecule has 2 unspecified atom stereocenters. The third-order valence-electron chi connectivity index (χ3n) is 3.54. The maximum absolute atomic E-state index is 10.2. The molecule has 0 aliphatic heterocycles. The van der Waals surface area contributed by atoms with E-state index in [4.69, 9.17) is 0 Å². The number of hydrogen-bond donors (Lipinski definition) is 3. The van der Waals surface area contributed by atoms with E-state index in [2.05, 4.69) is 46.6 Å². The average Bonchev–Trinajstić information content (AvgIpc) is 2.98. The number of nitrogens with zero attached hydrogens (tertiary/aromatic N) is 2. The van der Waals surface area contributed by atoms with Gasteiger partial charge in [-0.2, -0.15) is 0 Å². The fraction of sp³-hybridized carbons (Fsp3) is 0.444. The fourth-order valence-electron chi connectivity index (χ4n) is 2.37. The summed E-state index contributed by atoms with van der Waals surface area (Å²) in [6.45, 7) is 7.38. The second-order valence-electron chi connectivity index (χ2n) is 5.78. The lowest BCUT2D eigenvalue weighted by molar-refractivity contribution is 0.187. The molecule has 2 heterocycles. The molecule has 5 nitrogen and oxygen atoms in total. The van der Waals surface area contributed by atoms with E-state index in [1.807, 2.05) is 30.4 Å². The van der Waals surface area contributed by atoms with Crippen molar-refractivity contribution in [2.75, 3.05) is 13.1 Å². The van der Waals surface area contributed by atoms with Gasteiger partial charge in [-0.3, -0.25) is 9.98 Å². The van der Waals surface area contributed by atoms with Crippen LogP contribution in [0.5, 0.6) is 0 Å². The summed E-state index contributed by atoms with van der Waals surface area (Å²) < 4.78 is 0. The van der Waals surface area contributed by atoms with Gasteiger partial charge < -0.3 is 15.7 Å². The molecule has 25 heavy (non-hydrogen) atoms. The van der Waals surface area contributed by atoms with Crippen LogP contribution in [0.25, 0.3) is 0 Å². The smallest absolute Gasteiger partial charge is 0.191 e. The Balaban J connectivity index is 0.00000312. The van der Waals surface area contributed by atoms with Crippen molar-refractivity contribution < 1.29 is 5.11 Å². The van der Waals surface area contributed by atoms with E-state index in [0.717, 1.165) is 24.5 Å². The minimum atomic E-state index is -0.626. The molecule has 3 N–H and O–H groups in total. The van der Waals surface area contributed by atoms with Gasteiger partial charge in [0.15, 0.2) is 5.96 Å². The van der Waals surface area contributed by atoms with Crippen LogP contribution in [0.15, 0.2) is 41.7 Å². The van der Waals surface area contributed by atoms with Crippen LogP contribution < -0.4 is 10.6 Å². The van der Waals surface area contributed by atoms with Crippen LogP contribution in [0, 0.1) is 6.92 Å². The number of guanidine groups is 1. The van der Waals surface area contributed by atoms with Crippen molar-refractivity contribution >= 4 is 41.3 Å². The molecule has 0 radical (unpaired) electrons. The molecule has 0 bridgehead atoms. The first kappa shape index (κ1) is 21.9. The van der Waals surface area contributed by atoms with Crippen LogP contribution in [-0.2, 0) is 6.42 Å². The number of pyridine rings is 1. The molecule has 0 aliphatic rings. The molecular weight excluding hydrogens is 447 g/mol. The van der Waals surface area contributed by atoms with Crippen LogP contribution in [-0.4, -0.2) is 35.2 Å². The number of halogens is 1. The summed E-state index contributed by atoms with van der Waals surface area (Å²) in [5, 5.41) is 16.9. The minimum absolute atomic E-state index is 0. The van der Waals surface area contributed by atoms with Crippen LogP contribution in [0.4, 0.5) is 0 Å². The number of aliphatic hydroxyl groups is 1. The van der Waals surface area contributed by atoms with Crippen LogP contribution in [0.3, 0.4) is 0 Å². The molecule has 0 aliphatic carbocycles. The molecule has 0 spiro atoms. The number of aryl methyl sites for hydroxylation is 1. The van der Waals surface area contributed by atoms with E-state index in [9.17, 15) is 5.11 Å². The second kappa shape index (κ2) is 11.4. The Morgan fingerprint density at radius 2 is 2.00 bits per heavy atom. The maximum atomic E-state index is 10.2. The first-order valence-electron chi connectivity index (χ1n) is 8.26. The SMILES string of the molecule is CCNC(=NCC(O)c1ccncc1)NC(C)Cc1ccc(C)s1.I. The minimum Gasteiger partial charge on any atom is -0.386 e. The largest absolute Gasteiger partial charge is 0.386 e. The van der Waals surface area contributed by atoms with E-state index < -0.39 is 6.10 Å². The highest BCUT2D eigenvalue weighted by molar-refractivity contribution is 14.0. The summed E-state index contributed by atoms with van der Waals surface area (Å²) in [6, 6.07) is 8.20. The van der Waals surface area contributed by atoms with E-state index in [1.165, 1.54) is 9.75 Å². The zero-order chi connectivity index (χ0) is 17.4. The predicted molar refractivity (Wildman–Crippen MR) is 116 cm³/mol. The standard InChI is InChI=1S/C18H26N4OS.HI/c1-4-20-18(21-12-17(23)15-7-9-19-10-8-15)22-13(2)11-16-6-5-14(3)24-16;/h5-10,13,17,23H,4,11-12H2,1-3H3,(H2,20,21,22);1H. The summed E-state index contributed by atoms with van der Waals surface area (Å²) in [4.78, 5) is 11.2. The van der Waals surface area contributed by atoms with Crippen LogP contribution in [0.1, 0.15) is 35.3 Å². The van der Waals surface area contributed by atoms with Gasteiger partial charge in [-0.1, -0.05) is 0 Å². The number of aromatic nitrogens is 1. The zero-order valence-corrected chi connectivity index (χ0v) is 18.0. The Morgan fingerprint density at radius 1 is 1.28 bits per heavy atom. The van der Waals surface area contributed by atoms with Crippen molar-refractivity contribution in [2.24, 2.45) is 4.99 Å². The second-order valence-corrected chi connectivity index (χ2v) is 7.15. The summed E-state index contributed by atoms with van der Waals surface area (Å²) in [5.74, 6) is 0.728. The van der Waals surface area contributed by atoms with Crippen LogP contribution in [0.2, 0.25) is 0 Å². The molecule has 0 saturated heterocycles. The summed E-state index contributed by atoms with van der Waals surface area (Å²) in [5.41, 5.74) is 0.826. The Morgan fingerprint density at radius 3 is 2.60 bits per heavy atom. The first-order valence-corrected chi connectivity index (χ1v) is 9.08. The van der Waals surface area contributed by atoms with E-state index in [-0.39, 0.29) is 30.0 Å². The lowest BCUT2D eigenvalue weighted by Crippen LogP contribution is -2.43. The molecule has 2 rings (SSSR count). The molecule has 0 amide bonds. The van der Waals surface area contributed by atoms with E-state index >= 15 is 0 Å². The Labute approximate surface area is 171 Å². The monoisotopic (exact) mass is 474 g/mol. The highest BCUT2D eigenvalue weighted by Gasteiger charge is 2.10. The van der Waals surface area contributed by atoms with Crippen molar-refractivity contribution in [3.05, 3.63) is 52.0 Å². The lowest BCUT2D eigenvalue weighted by Gasteiger charge is -2.18. The maximum Gasteiger partial charge on any atom is 0.191 e. The molecule has 138 valence electrons. The summed E-state index contributed by atoms with van der Waals surface area (Å²) in [6.07, 6.45) is 3.68. The van der Waals surface area contributed by atoms with Gasteiger partial charge >= 0.3 is 0 Å². The van der Waals surface area contributed by atoms with Gasteiger partial charge in [0.05, 0.1) is 12.6 Å². The fourth-order valence-corrected chi connectivity index (χ4v) is 3.39. The normalized spacial score (nSPS) is 13.7. The first-order chi connectivity index (χ1) is 11.6. The highest BCUT2D eigenvalue weighted by atomic mass is 127. The van der Waals surface area contributed by atoms with Gasteiger partial charge in [0.2, 0.25) is 0 Å².